The number of rotatable bonds is 6. The molecular weight excluding hydrogens is 386 g/mol. The number of aryl methyl sites for hydroxylation is 2. The average molecular weight is 405 g/mol. The fourth-order valence-corrected chi connectivity index (χ4v) is 3.39. The molecule has 29 heavy (non-hydrogen) atoms. The van der Waals surface area contributed by atoms with Gasteiger partial charge in [0.25, 0.3) is 5.78 Å². The molecule has 0 radical (unpaired) electrons. The van der Waals surface area contributed by atoms with E-state index in [2.05, 4.69) is 20.4 Å². The maximum absolute atomic E-state index is 12.3. The normalized spacial score (nSPS) is 10.8. The van der Waals surface area contributed by atoms with E-state index in [9.17, 15) is 4.79 Å². The summed E-state index contributed by atoms with van der Waals surface area (Å²) in [6.45, 7) is 3.86. The Balaban J connectivity index is 1.33. The van der Waals surface area contributed by atoms with Crippen LogP contribution in [0.15, 0.2) is 65.8 Å². The highest BCUT2D eigenvalue weighted by Gasteiger charge is 2.11. The van der Waals surface area contributed by atoms with Gasteiger partial charge in [0.2, 0.25) is 11.1 Å². The first-order valence-corrected chi connectivity index (χ1v) is 10.0. The molecule has 0 fully saturated rings. The molecule has 1 amide bonds. The highest BCUT2D eigenvalue weighted by atomic mass is 32.2. The first kappa shape index (κ1) is 18.9. The highest BCUT2D eigenvalue weighted by molar-refractivity contribution is 7.99. The van der Waals surface area contributed by atoms with Crippen molar-refractivity contribution < 1.29 is 9.53 Å². The lowest BCUT2D eigenvalue weighted by molar-refractivity contribution is -0.113. The van der Waals surface area contributed by atoms with Gasteiger partial charge in [-0.25, -0.2) is 9.50 Å². The van der Waals surface area contributed by atoms with Crippen LogP contribution in [-0.4, -0.2) is 31.2 Å². The summed E-state index contributed by atoms with van der Waals surface area (Å²) in [7, 11) is 0. The van der Waals surface area contributed by atoms with Crippen LogP contribution >= 0.6 is 11.8 Å². The van der Waals surface area contributed by atoms with E-state index < -0.39 is 0 Å². The number of ether oxygens (including phenoxy) is 1. The number of hydrogen-bond acceptors (Lipinski definition) is 6. The van der Waals surface area contributed by atoms with Crippen molar-refractivity contribution in [1.82, 2.24) is 19.6 Å². The molecule has 4 rings (SSSR count). The number of carbonyl (C=O) groups is 1. The van der Waals surface area contributed by atoms with Crippen LogP contribution in [0.2, 0.25) is 0 Å². The van der Waals surface area contributed by atoms with Crippen LogP contribution in [0, 0.1) is 13.8 Å². The van der Waals surface area contributed by atoms with Crippen molar-refractivity contribution in [2.24, 2.45) is 0 Å². The summed E-state index contributed by atoms with van der Waals surface area (Å²) in [5.74, 6) is 2.08. The van der Waals surface area contributed by atoms with E-state index >= 15 is 0 Å². The fourth-order valence-electron chi connectivity index (χ4n) is 2.77. The van der Waals surface area contributed by atoms with Crippen LogP contribution in [0.5, 0.6) is 11.5 Å². The summed E-state index contributed by atoms with van der Waals surface area (Å²) < 4.78 is 7.43. The van der Waals surface area contributed by atoms with E-state index in [4.69, 9.17) is 4.74 Å². The standard InChI is InChI=1S/C21H19N5O2S/c1-14-12-15(2)26-20(22-14)24-21(25-26)29-13-19(27)23-16-8-10-18(11-9-16)28-17-6-4-3-5-7-17/h3-12H,13H2,1-2H3,(H,23,27). The molecule has 4 aromatic rings. The van der Waals surface area contributed by atoms with Crippen molar-refractivity contribution in [2.75, 3.05) is 11.1 Å². The predicted molar refractivity (Wildman–Crippen MR) is 113 cm³/mol. The molecule has 146 valence electrons. The quantitative estimate of drug-likeness (QED) is 0.483. The lowest BCUT2D eigenvalue weighted by atomic mass is 10.3. The second-order valence-electron chi connectivity index (χ2n) is 6.42. The molecule has 0 atom stereocenters. The van der Waals surface area contributed by atoms with Gasteiger partial charge in [0.15, 0.2) is 0 Å². The zero-order valence-electron chi connectivity index (χ0n) is 16.0. The average Bonchev–Trinajstić information content (AvgIpc) is 3.12. The van der Waals surface area contributed by atoms with Crippen LogP contribution in [-0.2, 0) is 4.79 Å². The van der Waals surface area contributed by atoms with E-state index in [1.165, 1.54) is 11.8 Å². The third-order valence-electron chi connectivity index (χ3n) is 4.05. The Morgan fingerprint density at radius 2 is 1.76 bits per heavy atom. The maximum Gasteiger partial charge on any atom is 0.253 e. The van der Waals surface area contributed by atoms with E-state index in [1.807, 2.05) is 62.4 Å². The summed E-state index contributed by atoms with van der Waals surface area (Å²) in [5.41, 5.74) is 2.54. The second kappa shape index (κ2) is 8.32. The number of benzene rings is 2. The Labute approximate surface area is 172 Å². The van der Waals surface area contributed by atoms with Crippen molar-refractivity contribution in [1.29, 1.82) is 0 Å². The number of amides is 1. The second-order valence-corrected chi connectivity index (χ2v) is 7.36. The molecule has 0 saturated carbocycles. The Kier molecular flexibility index (Phi) is 5.44. The zero-order valence-corrected chi connectivity index (χ0v) is 16.8. The van der Waals surface area contributed by atoms with E-state index in [1.54, 1.807) is 16.6 Å². The molecule has 7 nitrogen and oxygen atoms in total. The number of anilines is 1. The first-order valence-electron chi connectivity index (χ1n) is 9.03. The summed E-state index contributed by atoms with van der Waals surface area (Å²) in [4.78, 5) is 21.0. The van der Waals surface area contributed by atoms with Gasteiger partial charge in [0, 0.05) is 17.1 Å². The van der Waals surface area contributed by atoms with Crippen LogP contribution in [0.25, 0.3) is 5.78 Å². The molecule has 0 unspecified atom stereocenters. The number of nitrogens with one attached hydrogen (secondary N) is 1. The summed E-state index contributed by atoms with van der Waals surface area (Å²) in [6, 6.07) is 18.7. The van der Waals surface area contributed by atoms with Crippen molar-refractivity contribution >= 4 is 29.1 Å². The van der Waals surface area contributed by atoms with Gasteiger partial charge < -0.3 is 10.1 Å². The molecule has 0 saturated heterocycles. The van der Waals surface area contributed by atoms with Crippen LogP contribution < -0.4 is 10.1 Å². The molecule has 0 aliphatic rings. The molecule has 1 N–H and O–H groups in total. The molecule has 8 heteroatoms. The number of hydrogen-bond donors (Lipinski definition) is 1. The Morgan fingerprint density at radius 3 is 2.52 bits per heavy atom. The summed E-state index contributed by atoms with van der Waals surface area (Å²) >= 11 is 1.27. The number of nitrogens with zero attached hydrogens (tertiary/aromatic N) is 4. The SMILES string of the molecule is Cc1cc(C)n2nc(SCC(=O)Nc3ccc(Oc4ccccc4)cc3)nc2n1. The Hall–Kier alpha value is -3.39. The molecule has 0 aliphatic carbocycles. The van der Waals surface area contributed by atoms with Gasteiger partial charge in [-0.2, -0.15) is 4.98 Å². The number of thioether (sulfide) groups is 1. The minimum absolute atomic E-state index is 0.133. The first-order chi connectivity index (χ1) is 14.1. The predicted octanol–water partition coefficient (Wildman–Crippen LogP) is 4.26. The van der Waals surface area contributed by atoms with Crippen molar-refractivity contribution in [3.8, 4) is 11.5 Å². The highest BCUT2D eigenvalue weighted by Crippen LogP contribution is 2.23. The Bertz CT molecular complexity index is 1140. The van der Waals surface area contributed by atoms with E-state index in [0.717, 1.165) is 17.1 Å². The number of fused-ring (bicyclic) bond motifs is 1. The van der Waals surface area contributed by atoms with Gasteiger partial charge in [0.1, 0.15) is 11.5 Å². The molecule has 2 heterocycles. The van der Waals surface area contributed by atoms with E-state index in [0.29, 0.717) is 22.4 Å². The fraction of sp³-hybridized carbons (Fsp3) is 0.143. The zero-order chi connectivity index (χ0) is 20.2. The van der Waals surface area contributed by atoms with Gasteiger partial charge in [0.05, 0.1) is 5.75 Å². The number of aromatic nitrogens is 4. The minimum Gasteiger partial charge on any atom is -0.457 e. The molecule has 0 bridgehead atoms. The van der Waals surface area contributed by atoms with Crippen LogP contribution in [0.3, 0.4) is 0 Å². The van der Waals surface area contributed by atoms with Crippen molar-refractivity contribution in [3.05, 3.63) is 72.1 Å². The summed E-state index contributed by atoms with van der Waals surface area (Å²) in [5, 5.41) is 7.78. The largest absolute Gasteiger partial charge is 0.457 e. The molecule has 0 aliphatic heterocycles. The van der Waals surface area contributed by atoms with Crippen LogP contribution in [0.4, 0.5) is 5.69 Å². The van der Waals surface area contributed by atoms with Crippen molar-refractivity contribution in [3.63, 3.8) is 0 Å². The molecular formula is C21H19N5O2S. The third kappa shape index (κ3) is 4.72. The minimum atomic E-state index is -0.133. The third-order valence-corrected chi connectivity index (χ3v) is 4.89. The van der Waals surface area contributed by atoms with Gasteiger partial charge in [-0.05, 0) is 56.3 Å². The van der Waals surface area contributed by atoms with Gasteiger partial charge in [-0.3, -0.25) is 4.79 Å². The molecule has 0 spiro atoms. The topological polar surface area (TPSA) is 81.4 Å². The Morgan fingerprint density at radius 1 is 1.03 bits per heavy atom. The van der Waals surface area contributed by atoms with Crippen molar-refractivity contribution in [2.45, 2.75) is 19.0 Å². The van der Waals surface area contributed by atoms with Gasteiger partial charge in [-0.15, -0.1) is 5.10 Å². The maximum atomic E-state index is 12.3. The smallest absolute Gasteiger partial charge is 0.253 e. The number of carbonyl (C=O) groups excluding carboxylic acids is 1. The lowest BCUT2D eigenvalue weighted by Gasteiger charge is -2.07. The van der Waals surface area contributed by atoms with Gasteiger partial charge >= 0.3 is 0 Å². The lowest BCUT2D eigenvalue weighted by Crippen LogP contribution is -2.14. The summed E-state index contributed by atoms with van der Waals surface area (Å²) in [6.07, 6.45) is 0. The van der Waals surface area contributed by atoms with Crippen LogP contribution in [0.1, 0.15) is 11.4 Å². The molecule has 2 aromatic heterocycles. The monoisotopic (exact) mass is 405 g/mol. The van der Waals surface area contributed by atoms with E-state index in [-0.39, 0.29) is 11.7 Å². The number of para-hydroxylation sites is 1. The molecule has 2 aromatic carbocycles. The van der Waals surface area contributed by atoms with Gasteiger partial charge in [-0.1, -0.05) is 30.0 Å².